The molecule has 2 aromatic heterocycles. The predicted octanol–water partition coefficient (Wildman–Crippen LogP) is 2.85. The highest BCUT2D eigenvalue weighted by atomic mass is 79.9. The highest BCUT2D eigenvalue weighted by Crippen LogP contribution is 2.35. The molecule has 1 fully saturated rings. The number of carbonyl (C=O) groups excluding carboxylic acids is 1. The number of amides is 1. The third-order valence-electron chi connectivity index (χ3n) is 5.61. The molecule has 9 heteroatoms. The SMILES string of the molecule is Nc1nc2cnc(C(=O)N3CCOCC3C3C=C(Br)C=C3F)cc2c2c1COC2. The molecular formula is C20H18BrFN4O3. The van der Waals surface area contributed by atoms with Crippen LogP contribution >= 0.6 is 15.9 Å². The van der Waals surface area contributed by atoms with Crippen LogP contribution in [0.15, 0.2) is 34.7 Å². The Bertz CT molecular complexity index is 1090. The van der Waals surface area contributed by atoms with Gasteiger partial charge in [-0.05, 0) is 17.7 Å². The van der Waals surface area contributed by atoms with Crippen LogP contribution in [-0.2, 0) is 22.7 Å². The van der Waals surface area contributed by atoms with Crippen LogP contribution in [0.1, 0.15) is 21.6 Å². The number of allylic oxidation sites excluding steroid dienone is 2. The molecule has 2 unspecified atom stereocenters. The second kappa shape index (κ2) is 7.16. The molecular weight excluding hydrogens is 443 g/mol. The molecule has 1 amide bonds. The zero-order valence-electron chi connectivity index (χ0n) is 15.4. The lowest BCUT2D eigenvalue weighted by molar-refractivity contribution is -0.0121. The molecule has 0 saturated carbocycles. The number of rotatable bonds is 2. The molecule has 4 heterocycles. The lowest BCUT2D eigenvalue weighted by Crippen LogP contribution is -2.52. The van der Waals surface area contributed by atoms with E-state index >= 15 is 0 Å². The van der Waals surface area contributed by atoms with E-state index in [-0.39, 0.29) is 24.0 Å². The summed E-state index contributed by atoms with van der Waals surface area (Å²) in [6, 6.07) is 1.30. The third kappa shape index (κ3) is 3.13. The summed E-state index contributed by atoms with van der Waals surface area (Å²) in [7, 11) is 0. The number of morpholine rings is 1. The Balaban J connectivity index is 1.51. The van der Waals surface area contributed by atoms with Crippen LogP contribution < -0.4 is 5.73 Å². The summed E-state index contributed by atoms with van der Waals surface area (Å²) in [6.07, 6.45) is 4.74. The Morgan fingerprint density at radius 2 is 2.14 bits per heavy atom. The van der Waals surface area contributed by atoms with Crippen molar-refractivity contribution in [2.24, 2.45) is 5.92 Å². The van der Waals surface area contributed by atoms with Crippen molar-refractivity contribution in [3.63, 3.8) is 0 Å². The van der Waals surface area contributed by atoms with E-state index < -0.39 is 12.0 Å². The standard InChI is InChI=1S/C20H18BrFN4O3/c21-10-3-12(15(22)4-10)18-9-28-2-1-26(18)20(27)16-5-11-13-7-29-8-14(13)19(23)25-17(11)6-24-16/h3-6,12,18H,1-2,7-9H2,(H2,23,25). The normalized spacial score (nSPS) is 23.9. The van der Waals surface area contributed by atoms with E-state index in [0.717, 1.165) is 16.5 Å². The average Bonchev–Trinajstić information content (AvgIpc) is 3.34. The molecule has 5 rings (SSSR count). The van der Waals surface area contributed by atoms with Gasteiger partial charge < -0.3 is 20.1 Å². The first-order chi connectivity index (χ1) is 14.0. The fourth-order valence-electron chi connectivity index (χ4n) is 4.13. The molecule has 2 N–H and O–H groups in total. The molecule has 0 radical (unpaired) electrons. The van der Waals surface area contributed by atoms with E-state index in [4.69, 9.17) is 15.2 Å². The third-order valence-corrected chi connectivity index (χ3v) is 6.10. The van der Waals surface area contributed by atoms with Gasteiger partial charge in [0.25, 0.3) is 5.91 Å². The van der Waals surface area contributed by atoms with Gasteiger partial charge in [0.15, 0.2) is 0 Å². The van der Waals surface area contributed by atoms with Gasteiger partial charge in [-0.2, -0.15) is 0 Å². The van der Waals surface area contributed by atoms with Gasteiger partial charge in [-0.3, -0.25) is 4.79 Å². The highest BCUT2D eigenvalue weighted by Gasteiger charge is 2.37. The van der Waals surface area contributed by atoms with E-state index in [0.29, 0.717) is 42.2 Å². The summed E-state index contributed by atoms with van der Waals surface area (Å²) < 4.78 is 26.1. The van der Waals surface area contributed by atoms with Gasteiger partial charge in [0.2, 0.25) is 0 Å². The van der Waals surface area contributed by atoms with Crippen molar-refractivity contribution in [1.29, 1.82) is 0 Å². The molecule has 0 spiro atoms. The van der Waals surface area contributed by atoms with Crippen LogP contribution in [0, 0.1) is 5.92 Å². The lowest BCUT2D eigenvalue weighted by Gasteiger charge is -2.38. The molecule has 3 aliphatic rings. The molecule has 2 atom stereocenters. The summed E-state index contributed by atoms with van der Waals surface area (Å²) in [6.45, 7) is 1.88. The van der Waals surface area contributed by atoms with Crippen LogP contribution in [-0.4, -0.2) is 46.6 Å². The van der Waals surface area contributed by atoms with Gasteiger partial charge >= 0.3 is 0 Å². The Morgan fingerprint density at radius 3 is 2.93 bits per heavy atom. The second-order valence-corrected chi connectivity index (χ2v) is 8.20. The molecule has 7 nitrogen and oxygen atoms in total. The monoisotopic (exact) mass is 460 g/mol. The number of halogens is 2. The van der Waals surface area contributed by atoms with Crippen molar-refractivity contribution in [1.82, 2.24) is 14.9 Å². The topological polar surface area (TPSA) is 90.6 Å². The minimum atomic E-state index is -0.534. The van der Waals surface area contributed by atoms with Crippen LogP contribution in [0.2, 0.25) is 0 Å². The lowest BCUT2D eigenvalue weighted by atomic mass is 9.98. The molecule has 0 bridgehead atoms. The minimum absolute atomic E-state index is 0.256. The zero-order chi connectivity index (χ0) is 20.1. The van der Waals surface area contributed by atoms with Gasteiger partial charge in [0.1, 0.15) is 17.3 Å². The number of aromatic nitrogens is 2. The number of nitrogen functional groups attached to an aromatic ring is 1. The number of ether oxygens (including phenoxy) is 2. The molecule has 0 aromatic carbocycles. The van der Waals surface area contributed by atoms with Crippen molar-refractivity contribution in [2.45, 2.75) is 19.3 Å². The number of hydrogen-bond donors (Lipinski definition) is 1. The number of carbonyl (C=O) groups is 1. The fourth-order valence-corrected chi connectivity index (χ4v) is 4.64. The zero-order valence-corrected chi connectivity index (χ0v) is 17.0. The van der Waals surface area contributed by atoms with Gasteiger partial charge in [0.05, 0.1) is 50.1 Å². The molecule has 2 aromatic rings. The average molecular weight is 461 g/mol. The second-order valence-electron chi connectivity index (χ2n) is 7.28. The summed E-state index contributed by atoms with van der Waals surface area (Å²) in [5, 5.41) is 0.810. The fraction of sp³-hybridized carbons (Fsp3) is 0.350. The van der Waals surface area contributed by atoms with Crippen molar-refractivity contribution in [2.75, 3.05) is 25.5 Å². The Labute approximate surface area is 174 Å². The van der Waals surface area contributed by atoms with Crippen molar-refractivity contribution < 1.29 is 18.7 Å². The minimum Gasteiger partial charge on any atom is -0.383 e. The Kier molecular flexibility index (Phi) is 4.60. The van der Waals surface area contributed by atoms with Crippen LogP contribution in [0.25, 0.3) is 10.9 Å². The van der Waals surface area contributed by atoms with Gasteiger partial charge in [-0.25, -0.2) is 14.4 Å². The Hall–Kier alpha value is -2.36. The maximum Gasteiger partial charge on any atom is 0.272 e. The smallest absolute Gasteiger partial charge is 0.272 e. The first-order valence-corrected chi connectivity index (χ1v) is 10.1. The van der Waals surface area contributed by atoms with Crippen LogP contribution in [0.3, 0.4) is 0 Å². The van der Waals surface area contributed by atoms with E-state index in [2.05, 4.69) is 25.9 Å². The van der Waals surface area contributed by atoms with Crippen molar-refractivity contribution in [3.05, 3.63) is 51.5 Å². The van der Waals surface area contributed by atoms with E-state index in [9.17, 15) is 9.18 Å². The first-order valence-electron chi connectivity index (χ1n) is 9.31. The predicted molar refractivity (Wildman–Crippen MR) is 108 cm³/mol. The summed E-state index contributed by atoms with van der Waals surface area (Å²) >= 11 is 3.31. The number of nitrogens with zero attached hydrogens (tertiary/aromatic N) is 3. The molecule has 2 aliphatic heterocycles. The quantitative estimate of drug-likeness (QED) is 0.740. The van der Waals surface area contributed by atoms with E-state index in [1.54, 1.807) is 23.2 Å². The molecule has 29 heavy (non-hydrogen) atoms. The number of nitrogens with two attached hydrogens (primary N) is 1. The van der Waals surface area contributed by atoms with E-state index in [1.165, 1.54) is 6.08 Å². The first kappa shape index (κ1) is 18.7. The van der Waals surface area contributed by atoms with Crippen molar-refractivity contribution in [3.8, 4) is 0 Å². The van der Waals surface area contributed by atoms with E-state index in [1.807, 2.05) is 0 Å². The molecule has 1 aliphatic carbocycles. The van der Waals surface area contributed by atoms with Gasteiger partial charge in [0, 0.05) is 22.0 Å². The van der Waals surface area contributed by atoms with Gasteiger partial charge in [-0.15, -0.1) is 0 Å². The maximum absolute atomic E-state index is 14.4. The van der Waals surface area contributed by atoms with Crippen molar-refractivity contribution >= 4 is 38.6 Å². The molecule has 150 valence electrons. The van der Waals surface area contributed by atoms with Crippen LogP contribution in [0.5, 0.6) is 0 Å². The van der Waals surface area contributed by atoms with Crippen LogP contribution in [0.4, 0.5) is 10.2 Å². The highest BCUT2D eigenvalue weighted by molar-refractivity contribution is 9.11. The molecule has 1 saturated heterocycles. The number of pyridine rings is 2. The summed E-state index contributed by atoms with van der Waals surface area (Å²) in [5.74, 6) is -0.645. The summed E-state index contributed by atoms with van der Waals surface area (Å²) in [5.41, 5.74) is 8.72. The number of anilines is 1. The number of hydrogen-bond acceptors (Lipinski definition) is 6. The summed E-state index contributed by atoms with van der Waals surface area (Å²) in [4.78, 5) is 23.7. The largest absolute Gasteiger partial charge is 0.383 e. The Morgan fingerprint density at radius 1 is 1.31 bits per heavy atom. The maximum atomic E-state index is 14.4. The van der Waals surface area contributed by atoms with Gasteiger partial charge in [-0.1, -0.05) is 22.0 Å². The number of fused-ring (bicyclic) bond motifs is 3.